The van der Waals surface area contributed by atoms with Crippen LogP contribution in [0.5, 0.6) is 0 Å². The number of allylic oxidation sites excluding steroid dienone is 3. The van der Waals surface area contributed by atoms with Crippen molar-refractivity contribution in [3.63, 3.8) is 0 Å². The summed E-state index contributed by atoms with van der Waals surface area (Å²) in [5.74, 6) is -0.112. The number of rotatable bonds is 3. The third-order valence-electron chi connectivity index (χ3n) is 4.55. The van der Waals surface area contributed by atoms with Gasteiger partial charge in [0.25, 0.3) is 5.91 Å². The highest BCUT2D eigenvalue weighted by atomic mass is 16.2. The quantitative estimate of drug-likeness (QED) is 0.912. The molecule has 1 atom stereocenters. The first kappa shape index (κ1) is 17.9. The zero-order valence-electron chi connectivity index (χ0n) is 15.5. The maximum absolute atomic E-state index is 12.4. The topological polar surface area (TPSA) is 61.8 Å². The zero-order valence-corrected chi connectivity index (χ0v) is 15.5. The van der Waals surface area contributed by atoms with Crippen molar-refractivity contribution in [2.45, 2.75) is 13.8 Å². The Morgan fingerprint density at radius 3 is 2.46 bits per heavy atom. The van der Waals surface area contributed by atoms with Gasteiger partial charge in [-0.25, -0.2) is 4.99 Å². The summed E-state index contributed by atoms with van der Waals surface area (Å²) in [6.07, 6.45) is 7.27. The third kappa shape index (κ3) is 3.67. The Morgan fingerprint density at radius 1 is 1.15 bits per heavy atom. The Morgan fingerprint density at radius 2 is 1.85 bits per heavy atom. The summed E-state index contributed by atoms with van der Waals surface area (Å²) in [4.78, 5) is 30.5. The van der Waals surface area contributed by atoms with E-state index < -0.39 is 0 Å². The minimum Gasteiger partial charge on any atom is -0.378 e. The number of fused-ring (bicyclic) bond motifs is 1. The molecule has 1 unspecified atom stereocenters. The van der Waals surface area contributed by atoms with Gasteiger partial charge in [-0.15, -0.1) is 0 Å². The van der Waals surface area contributed by atoms with E-state index in [0.29, 0.717) is 11.3 Å². The van der Waals surface area contributed by atoms with Gasteiger partial charge in [-0.3, -0.25) is 9.59 Å². The van der Waals surface area contributed by atoms with Crippen LogP contribution in [0.3, 0.4) is 0 Å². The molecule has 0 saturated heterocycles. The summed E-state index contributed by atoms with van der Waals surface area (Å²) in [6, 6.07) is 7.32. The first-order valence-corrected chi connectivity index (χ1v) is 8.68. The number of benzene rings is 1. The van der Waals surface area contributed by atoms with Crippen molar-refractivity contribution < 1.29 is 9.59 Å². The Kier molecular flexibility index (Phi) is 4.89. The van der Waals surface area contributed by atoms with E-state index in [1.54, 1.807) is 24.3 Å². The lowest BCUT2D eigenvalue weighted by molar-refractivity contribution is -0.116. The summed E-state index contributed by atoms with van der Waals surface area (Å²) < 4.78 is 0. The van der Waals surface area contributed by atoms with Crippen molar-refractivity contribution in [3.8, 4) is 0 Å². The fraction of sp³-hybridized carbons (Fsp3) is 0.286. The Hall–Kier alpha value is -2.95. The van der Waals surface area contributed by atoms with Crippen LogP contribution in [0.2, 0.25) is 0 Å². The van der Waals surface area contributed by atoms with Crippen molar-refractivity contribution >= 4 is 23.2 Å². The lowest BCUT2D eigenvalue weighted by atomic mass is 9.82. The average Bonchev–Trinajstić information content (AvgIpc) is 2.60. The fourth-order valence-corrected chi connectivity index (χ4v) is 3.10. The van der Waals surface area contributed by atoms with E-state index in [2.05, 4.69) is 24.2 Å². The van der Waals surface area contributed by atoms with Crippen LogP contribution in [0.25, 0.3) is 0 Å². The summed E-state index contributed by atoms with van der Waals surface area (Å²) in [5.41, 5.74) is 3.95. The minimum atomic E-state index is -0.299. The van der Waals surface area contributed by atoms with Gasteiger partial charge in [0, 0.05) is 43.0 Å². The normalized spacial score (nSPS) is 20.4. The van der Waals surface area contributed by atoms with Gasteiger partial charge in [-0.2, -0.15) is 0 Å². The Labute approximate surface area is 153 Å². The smallest absolute Gasteiger partial charge is 0.277 e. The Bertz CT molecular complexity index is 856. The van der Waals surface area contributed by atoms with Crippen LogP contribution in [0.4, 0.5) is 5.69 Å². The van der Waals surface area contributed by atoms with E-state index in [1.165, 1.54) is 0 Å². The number of amides is 2. The Balaban J connectivity index is 1.83. The lowest BCUT2D eigenvalue weighted by Crippen LogP contribution is -2.34. The molecule has 1 aromatic carbocycles. The predicted octanol–water partition coefficient (Wildman–Crippen LogP) is 3.12. The molecule has 2 amide bonds. The molecular formula is C21H23N3O2. The molecule has 3 rings (SSSR count). The number of anilines is 1. The van der Waals surface area contributed by atoms with Gasteiger partial charge in [0.05, 0.1) is 5.71 Å². The second-order valence-corrected chi connectivity index (χ2v) is 7.01. The van der Waals surface area contributed by atoms with E-state index in [4.69, 9.17) is 0 Å². The third-order valence-corrected chi connectivity index (χ3v) is 4.55. The number of hydrogen-bond acceptors (Lipinski definition) is 3. The highest BCUT2D eigenvalue weighted by molar-refractivity contribution is 6.14. The number of hydrogen-bond donors (Lipinski definition) is 1. The van der Waals surface area contributed by atoms with Gasteiger partial charge in [-0.1, -0.05) is 19.9 Å². The van der Waals surface area contributed by atoms with E-state index in [9.17, 15) is 9.59 Å². The molecule has 1 aliphatic carbocycles. The molecule has 0 fully saturated rings. The molecule has 0 bridgehead atoms. The average molecular weight is 349 g/mol. The number of aliphatic imine (C=N–C) groups is 1. The molecule has 0 spiro atoms. The molecule has 5 heteroatoms. The second-order valence-electron chi connectivity index (χ2n) is 7.01. The van der Waals surface area contributed by atoms with Gasteiger partial charge in [-0.05, 0) is 47.9 Å². The number of carbonyl (C=O) groups excluding carboxylic acids is 2. The first-order chi connectivity index (χ1) is 12.3. The van der Waals surface area contributed by atoms with Crippen LogP contribution >= 0.6 is 0 Å². The molecule has 5 nitrogen and oxygen atoms in total. The van der Waals surface area contributed by atoms with E-state index >= 15 is 0 Å². The van der Waals surface area contributed by atoms with Crippen LogP contribution in [0.15, 0.2) is 64.8 Å². The standard InChI is InChI=1S/C21H23N3O2/c1-13(2)18-12-20(25)23-19-11-15(7-10-17(18)19)22-21(26)14-5-8-16(9-6-14)24(3)4/h5-13,17H,1-4H3,(H,23,25). The van der Waals surface area contributed by atoms with Gasteiger partial charge >= 0.3 is 0 Å². The van der Waals surface area contributed by atoms with E-state index in [0.717, 1.165) is 17.0 Å². The maximum atomic E-state index is 12.4. The first-order valence-electron chi connectivity index (χ1n) is 8.68. The highest BCUT2D eigenvalue weighted by Gasteiger charge is 2.27. The minimum absolute atomic E-state index is 0.0427. The molecule has 1 N–H and O–H groups in total. The monoisotopic (exact) mass is 349 g/mol. The number of carbonyl (C=O) groups is 2. The van der Waals surface area contributed by atoms with Crippen molar-refractivity contribution in [1.29, 1.82) is 0 Å². The predicted molar refractivity (Wildman–Crippen MR) is 104 cm³/mol. The maximum Gasteiger partial charge on any atom is 0.277 e. The zero-order chi connectivity index (χ0) is 18.8. The molecule has 26 heavy (non-hydrogen) atoms. The van der Waals surface area contributed by atoms with E-state index in [1.807, 2.05) is 43.3 Å². The summed E-state index contributed by atoms with van der Waals surface area (Å²) in [6.45, 7) is 4.14. The second kappa shape index (κ2) is 7.12. The van der Waals surface area contributed by atoms with Crippen molar-refractivity contribution in [3.05, 3.63) is 65.4 Å². The van der Waals surface area contributed by atoms with Crippen LogP contribution in [-0.2, 0) is 4.79 Å². The van der Waals surface area contributed by atoms with Gasteiger partial charge < -0.3 is 10.2 Å². The molecule has 1 aliphatic heterocycles. The van der Waals surface area contributed by atoms with Gasteiger partial charge in [0.2, 0.25) is 5.91 Å². The molecule has 134 valence electrons. The number of nitrogens with zero attached hydrogens (tertiary/aromatic N) is 2. The molecule has 1 heterocycles. The van der Waals surface area contributed by atoms with Crippen molar-refractivity contribution in [2.24, 2.45) is 16.8 Å². The molecule has 2 aliphatic rings. The molecule has 1 aromatic rings. The number of nitrogens with one attached hydrogen (secondary N) is 1. The highest BCUT2D eigenvalue weighted by Crippen LogP contribution is 2.31. The van der Waals surface area contributed by atoms with Crippen molar-refractivity contribution in [2.75, 3.05) is 19.0 Å². The molecule has 0 aromatic heterocycles. The van der Waals surface area contributed by atoms with Crippen LogP contribution in [0.1, 0.15) is 24.2 Å². The summed E-state index contributed by atoms with van der Waals surface area (Å²) >= 11 is 0. The summed E-state index contributed by atoms with van der Waals surface area (Å²) in [5, 5.41) is 2.86. The van der Waals surface area contributed by atoms with Crippen LogP contribution in [0, 0.1) is 11.8 Å². The molecule has 0 saturated carbocycles. The van der Waals surface area contributed by atoms with Gasteiger partial charge in [0.1, 0.15) is 0 Å². The lowest BCUT2D eigenvalue weighted by Gasteiger charge is -2.29. The molecular weight excluding hydrogens is 326 g/mol. The molecule has 0 radical (unpaired) electrons. The fourth-order valence-electron chi connectivity index (χ4n) is 3.10. The summed E-state index contributed by atoms with van der Waals surface area (Å²) in [7, 11) is 3.90. The van der Waals surface area contributed by atoms with Gasteiger partial charge in [0.15, 0.2) is 0 Å². The van der Waals surface area contributed by atoms with Crippen LogP contribution < -0.4 is 10.2 Å². The van der Waals surface area contributed by atoms with E-state index in [-0.39, 0.29) is 23.7 Å². The largest absolute Gasteiger partial charge is 0.378 e. The van der Waals surface area contributed by atoms with Crippen molar-refractivity contribution in [1.82, 2.24) is 5.32 Å². The van der Waals surface area contributed by atoms with Crippen LogP contribution in [-0.4, -0.2) is 31.6 Å². The SMILES string of the molecule is CC(C)C1=CC(=O)NC2=CC(=NC(=O)c3ccc(N(C)C)cc3)C=CC21.